The molecule has 1 aromatic heterocycles. The lowest BCUT2D eigenvalue weighted by molar-refractivity contribution is 0.402. The van der Waals surface area contributed by atoms with E-state index in [1.807, 2.05) is 36.5 Å². The summed E-state index contributed by atoms with van der Waals surface area (Å²) < 4.78 is 6.01. The molecular formula is C23H27N5OS. The summed E-state index contributed by atoms with van der Waals surface area (Å²) in [7, 11) is 4.12. The number of nitrogens with zero attached hydrogens (tertiary/aromatic N) is 3. The Morgan fingerprint density at radius 1 is 1.13 bits per heavy atom. The van der Waals surface area contributed by atoms with Gasteiger partial charge in [-0.15, -0.1) is 0 Å². The first-order valence-electron chi connectivity index (χ1n) is 9.85. The van der Waals surface area contributed by atoms with E-state index in [-0.39, 0.29) is 0 Å². The number of furan rings is 1. The fourth-order valence-electron chi connectivity index (χ4n) is 3.03. The molecule has 0 aliphatic heterocycles. The molecule has 0 saturated carbocycles. The molecule has 30 heavy (non-hydrogen) atoms. The predicted octanol–water partition coefficient (Wildman–Crippen LogP) is 3.94. The van der Waals surface area contributed by atoms with E-state index in [2.05, 4.69) is 58.9 Å². The highest BCUT2D eigenvalue weighted by Crippen LogP contribution is 2.24. The van der Waals surface area contributed by atoms with Crippen molar-refractivity contribution >= 4 is 28.7 Å². The van der Waals surface area contributed by atoms with E-state index >= 15 is 0 Å². The summed E-state index contributed by atoms with van der Waals surface area (Å²) in [5.74, 6) is 3.16. The average molecular weight is 422 g/mol. The van der Waals surface area contributed by atoms with Crippen LogP contribution in [0.1, 0.15) is 16.9 Å². The second-order valence-corrected chi connectivity index (χ2v) is 8.29. The molecule has 0 unspecified atom stereocenters. The molecule has 0 atom stereocenters. The Hall–Kier alpha value is -2.95. The van der Waals surface area contributed by atoms with E-state index in [1.165, 1.54) is 5.56 Å². The van der Waals surface area contributed by atoms with Gasteiger partial charge in [-0.3, -0.25) is 5.32 Å². The van der Waals surface area contributed by atoms with Crippen LogP contribution in [0, 0.1) is 11.5 Å². The van der Waals surface area contributed by atoms with Crippen LogP contribution < -0.4 is 10.6 Å². The zero-order valence-corrected chi connectivity index (χ0v) is 18.2. The lowest BCUT2D eigenvalue weighted by atomic mass is 10.1. The average Bonchev–Trinajstić information content (AvgIpc) is 3.14. The molecule has 156 valence electrons. The van der Waals surface area contributed by atoms with Gasteiger partial charge in [0.05, 0.1) is 12.3 Å². The van der Waals surface area contributed by atoms with Gasteiger partial charge in [0.25, 0.3) is 0 Å². The fourth-order valence-corrected chi connectivity index (χ4v) is 3.76. The van der Waals surface area contributed by atoms with Crippen LogP contribution in [-0.2, 0) is 18.8 Å². The van der Waals surface area contributed by atoms with Gasteiger partial charge in [-0.2, -0.15) is 17.0 Å². The monoisotopic (exact) mass is 421 g/mol. The second-order valence-electron chi connectivity index (χ2n) is 7.19. The van der Waals surface area contributed by atoms with Crippen molar-refractivity contribution in [3.8, 4) is 6.19 Å². The number of guanidine groups is 1. The number of hydrogen-bond donors (Lipinski definition) is 2. The van der Waals surface area contributed by atoms with Gasteiger partial charge < -0.3 is 14.6 Å². The third-order valence-electron chi connectivity index (χ3n) is 4.35. The number of fused-ring (bicyclic) bond motifs is 1. The molecule has 2 aromatic carbocycles. The fraction of sp³-hybridized carbons (Fsp3) is 0.304. The number of thioether (sulfide) groups is 1. The molecule has 3 rings (SSSR count). The normalized spacial score (nSPS) is 11.6. The Morgan fingerprint density at radius 2 is 1.97 bits per heavy atom. The summed E-state index contributed by atoms with van der Waals surface area (Å²) in [6.45, 7) is 2.14. The zero-order chi connectivity index (χ0) is 21.2. The summed E-state index contributed by atoms with van der Waals surface area (Å²) in [5, 5.41) is 15.9. The molecule has 0 aliphatic carbocycles. The molecule has 0 spiro atoms. The van der Waals surface area contributed by atoms with E-state index in [1.54, 1.807) is 11.8 Å². The number of hydrogen-bond acceptors (Lipinski definition) is 5. The maximum absolute atomic E-state index is 8.92. The van der Waals surface area contributed by atoms with E-state index in [0.717, 1.165) is 40.3 Å². The van der Waals surface area contributed by atoms with Crippen LogP contribution in [0.2, 0.25) is 0 Å². The van der Waals surface area contributed by atoms with Crippen LogP contribution in [0.25, 0.3) is 11.0 Å². The molecule has 0 fully saturated rings. The third-order valence-corrected chi connectivity index (χ3v) is 5.34. The molecule has 2 N–H and O–H groups in total. The van der Waals surface area contributed by atoms with Crippen molar-refractivity contribution in [1.29, 1.82) is 5.26 Å². The number of aliphatic imine (C=N–C) groups is 1. The minimum absolute atomic E-state index is 0.499. The zero-order valence-electron chi connectivity index (χ0n) is 17.4. The smallest absolute Gasteiger partial charge is 0.205 e. The lowest BCUT2D eigenvalue weighted by Gasteiger charge is -2.08. The van der Waals surface area contributed by atoms with Gasteiger partial charge in [0, 0.05) is 24.2 Å². The molecule has 0 amide bonds. The summed E-state index contributed by atoms with van der Waals surface area (Å²) in [4.78, 5) is 6.58. The Balaban J connectivity index is 1.45. The summed E-state index contributed by atoms with van der Waals surface area (Å²) in [6, 6.07) is 18.5. The van der Waals surface area contributed by atoms with Crippen molar-refractivity contribution in [2.24, 2.45) is 4.99 Å². The first-order chi connectivity index (χ1) is 14.6. The van der Waals surface area contributed by atoms with Crippen LogP contribution in [0.5, 0.6) is 0 Å². The number of benzene rings is 2. The minimum atomic E-state index is 0.499. The molecule has 1 heterocycles. The molecule has 0 bridgehead atoms. The maximum atomic E-state index is 8.92. The van der Waals surface area contributed by atoms with Crippen LogP contribution >= 0.6 is 11.8 Å². The standard InChI is InChI=1S/C23H27N5OS/c1-28(2)15-19-8-9-20-13-21(29-22(20)12-19)16-30-11-10-25-23(27-17-24)26-14-18-6-4-3-5-7-18/h3-9,12-13H,10-11,14-16H2,1-2H3,(H2,25,26,27). The Bertz CT molecular complexity index is 1010. The van der Waals surface area contributed by atoms with Crippen molar-refractivity contribution < 1.29 is 4.42 Å². The molecule has 6 nitrogen and oxygen atoms in total. The van der Waals surface area contributed by atoms with Crippen molar-refractivity contribution in [3.63, 3.8) is 0 Å². The minimum Gasteiger partial charge on any atom is -0.460 e. The molecule has 0 saturated heterocycles. The van der Waals surface area contributed by atoms with Gasteiger partial charge >= 0.3 is 0 Å². The predicted molar refractivity (Wildman–Crippen MR) is 124 cm³/mol. The number of nitrogens with one attached hydrogen (secondary N) is 2. The molecule has 7 heteroatoms. The molecule has 3 aromatic rings. The third kappa shape index (κ3) is 6.83. The largest absolute Gasteiger partial charge is 0.460 e. The highest BCUT2D eigenvalue weighted by atomic mass is 32.2. The Kier molecular flexibility index (Phi) is 8.19. The van der Waals surface area contributed by atoms with Crippen LogP contribution in [0.3, 0.4) is 0 Å². The van der Waals surface area contributed by atoms with Gasteiger partial charge in [-0.1, -0.05) is 42.5 Å². The van der Waals surface area contributed by atoms with Crippen LogP contribution in [0.4, 0.5) is 0 Å². The van der Waals surface area contributed by atoms with Crippen molar-refractivity contribution in [2.45, 2.75) is 18.8 Å². The van der Waals surface area contributed by atoms with Crippen molar-refractivity contribution in [1.82, 2.24) is 15.5 Å². The quantitative estimate of drug-likeness (QED) is 0.179. The van der Waals surface area contributed by atoms with Gasteiger partial charge in [0.1, 0.15) is 11.3 Å². The maximum Gasteiger partial charge on any atom is 0.205 e. The highest BCUT2D eigenvalue weighted by Gasteiger charge is 2.06. The van der Waals surface area contributed by atoms with E-state index in [9.17, 15) is 0 Å². The first kappa shape index (κ1) is 21.8. The SMILES string of the molecule is CN(C)Cc1ccc2cc(CSCCNC(=NCc3ccccc3)NC#N)oc2c1. The van der Waals surface area contributed by atoms with Crippen LogP contribution in [0.15, 0.2) is 64.0 Å². The van der Waals surface area contributed by atoms with Crippen molar-refractivity contribution in [2.75, 3.05) is 26.4 Å². The lowest BCUT2D eigenvalue weighted by Crippen LogP contribution is -2.35. The van der Waals surface area contributed by atoms with Gasteiger partial charge in [-0.05, 0) is 37.4 Å². The Morgan fingerprint density at radius 3 is 2.73 bits per heavy atom. The number of nitriles is 1. The number of rotatable bonds is 9. The van der Waals surface area contributed by atoms with Gasteiger partial charge in [0.2, 0.25) is 5.96 Å². The van der Waals surface area contributed by atoms with Gasteiger partial charge in [0.15, 0.2) is 6.19 Å². The van der Waals surface area contributed by atoms with E-state index < -0.39 is 0 Å². The molecule has 0 radical (unpaired) electrons. The van der Waals surface area contributed by atoms with Crippen LogP contribution in [-0.4, -0.2) is 37.3 Å². The second kappa shape index (κ2) is 11.3. The highest BCUT2D eigenvalue weighted by molar-refractivity contribution is 7.98. The van der Waals surface area contributed by atoms with Gasteiger partial charge in [-0.25, -0.2) is 4.99 Å². The van der Waals surface area contributed by atoms with E-state index in [0.29, 0.717) is 19.0 Å². The Labute approximate surface area is 182 Å². The topological polar surface area (TPSA) is 76.6 Å². The molecule has 0 aliphatic rings. The summed E-state index contributed by atoms with van der Waals surface area (Å²) in [5.41, 5.74) is 3.29. The summed E-state index contributed by atoms with van der Waals surface area (Å²) in [6.07, 6.45) is 1.93. The molecular weight excluding hydrogens is 394 g/mol. The summed E-state index contributed by atoms with van der Waals surface area (Å²) >= 11 is 1.78. The first-order valence-corrected chi connectivity index (χ1v) is 11.0. The van der Waals surface area contributed by atoms with Crippen molar-refractivity contribution in [3.05, 3.63) is 71.5 Å². The van der Waals surface area contributed by atoms with E-state index in [4.69, 9.17) is 9.68 Å².